The van der Waals surface area contributed by atoms with Crippen molar-refractivity contribution in [3.05, 3.63) is 69.8 Å². The highest BCUT2D eigenvalue weighted by Gasteiger charge is 2.24. The molecular formula is C19H20N4O6. The highest BCUT2D eigenvalue weighted by Crippen LogP contribution is 2.25. The minimum absolute atomic E-state index is 0.0582. The van der Waals surface area contributed by atoms with Crippen LogP contribution in [-0.4, -0.2) is 42.9 Å². The Labute approximate surface area is 166 Å². The van der Waals surface area contributed by atoms with Gasteiger partial charge in [-0.3, -0.25) is 30.6 Å². The average Bonchev–Trinajstić information content (AvgIpc) is 2.71. The maximum absolute atomic E-state index is 12.5. The number of nitrogens with one attached hydrogen (secondary N) is 2. The Morgan fingerprint density at radius 3 is 2.31 bits per heavy atom. The van der Waals surface area contributed by atoms with E-state index < -0.39 is 28.8 Å². The summed E-state index contributed by atoms with van der Waals surface area (Å²) in [5, 5.41) is 11.0. The summed E-state index contributed by atoms with van der Waals surface area (Å²) in [6.45, 7) is 1.31. The number of esters is 1. The highest BCUT2D eigenvalue weighted by atomic mass is 16.6. The molecule has 0 heterocycles. The monoisotopic (exact) mass is 400 g/mol. The first-order valence-electron chi connectivity index (χ1n) is 8.52. The molecule has 10 heteroatoms. The van der Waals surface area contributed by atoms with Crippen molar-refractivity contribution in [3.63, 3.8) is 0 Å². The Balaban J connectivity index is 2.04. The number of hydrogen-bond acceptors (Lipinski definition) is 7. The van der Waals surface area contributed by atoms with Crippen LogP contribution in [-0.2, 0) is 9.53 Å². The Hall–Kier alpha value is -3.95. The summed E-state index contributed by atoms with van der Waals surface area (Å²) in [5.41, 5.74) is 4.78. The number of hydrazine groups is 1. The molecule has 0 saturated carbocycles. The molecule has 0 aliphatic carbocycles. The summed E-state index contributed by atoms with van der Waals surface area (Å²) < 4.78 is 5.11. The van der Waals surface area contributed by atoms with Crippen molar-refractivity contribution in [3.8, 4) is 0 Å². The fourth-order valence-electron chi connectivity index (χ4n) is 2.35. The molecule has 29 heavy (non-hydrogen) atoms. The summed E-state index contributed by atoms with van der Waals surface area (Å²) in [7, 11) is 3.32. The fraction of sp³-hybridized carbons (Fsp3) is 0.211. The molecule has 0 aromatic heterocycles. The predicted octanol–water partition coefficient (Wildman–Crippen LogP) is 1.67. The van der Waals surface area contributed by atoms with Crippen LogP contribution in [0.3, 0.4) is 0 Å². The zero-order valence-corrected chi connectivity index (χ0v) is 16.0. The quantitative estimate of drug-likeness (QED) is 0.428. The maximum atomic E-state index is 12.5. The van der Waals surface area contributed by atoms with E-state index in [9.17, 15) is 24.5 Å². The number of nitrogens with zero attached hydrogens (tertiary/aromatic N) is 2. The van der Waals surface area contributed by atoms with Gasteiger partial charge in [0.1, 0.15) is 0 Å². The van der Waals surface area contributed by atoms with Crippen LogP contribution in [0.1, 0.15) is 27.6 Å². The van der Waals surface area contributed by atoms with Gasteiger partial charge in [0.05, 0.1) is 16.2 Å². The number of carbonyl (C=O) groups excluding carboxylic acids is 3. The van der Waals surface area contributed by atoms with Crippen LogP contribution in [0.15, 0.2) is 48.5 Å². The topological polar surface area (TPSA) is 131 Å². The number of benzene rings is 2. The summed E-state index contributed by atoms with van der Waals surface area (Å²) in [5.74, 6) is -2.21. The van der Waals surface area contributed by atoms with Gasteiger partial charge < -0.3 is 9.64 Å². The van der Waals surface area contributed by atoms with Crippen LogP contribution < -0.4 is 15.8 Å². The van der Waals surface area contributed by atoms with Gasteiger partial charge in [-0.05, 0) is 25.1 Å². The minimum atomic E-state index is -1.26. The molecule has 0 unspecified atom stereocenters. The molecule has 2 rings (SSSR count). The highest BCUT2D eigenvalue weighted by molar-refractivity contribution is 5.99. The summed E-state index contributed by atoms with van der Waals surface area (Å²) in [4.78, 5) is 48.5. The van der Waals surface area contributed by atoms with Crippen LogP contribution >= 0.6 is 0 Å². The number of rotatable bonds is 6. The maximum Gasteiger partial charge on any atom is 0.341 e. The first kappa shape index (κ1) is 21.4. The van der Waals surface area contributed by atoms with Gasteiger partial charge in [0.25, 0.3) is 17.5 Å². The predicted molar refractivity (Wildman–Crippen MR) is 104 cm³/mol. The molecule has 2 amide bonds. The van der Waals surface area contributed by atoms with Crippen molar-refractivity contribution in [2.75, 3.05) is 19.0 Å². The third kappa shape index (κ3) is 5.51. The van der Waals surface area contributed by atoms with Gasteiger partial charge in [0, 0.05) is 31.8 Å². The SMILES string of the molecule is C[C@@H](OC(=O)c1cc([N+](=O)[O-])ccc1N(C)C)C(=O)NNC(=O)c1ccccc1. The molecule has 2 aromatic rings. The lowest BCUT2D eigenvalue weighted by Gasteiger charge is -2.18. The molecule has 0 aliphatic rings. The Morgan fingerprint density at radius 1 is 1.07 bits per heavy atom. The van der Waals surface area contributed by atoms with Crippen molar-refractivity contribution in [1.29, 1.82) is 0 Å². The Kier molecular flexibility index (Phi) is 6.85. The van der Waals surface area contributed by atoms with Gasteiger partial charge in [-0.2, -0.15) is 0 Å². The van der Waals surface area contributed by atoms with Crippen molar-refractivity contribution < 1.29 is 24.0 Å². The lowest BCUT2D eigenvalue weighted by Crippen LogP contribution is -2.46. The van der Waals surface area contributed by atoms with Crippen molar-refractivity contribution in [1.82, 2.24) is 10.9 Å². The molecule has 152 valence electrons. The number of nitro benzene ring substituents is 1. The molecule has 2 aromatic carbocycles. The van der Waals surface area contributed by atoms with E-state index in [0.717, 1.165) is 6.07 Å². The van der Waals surface area contributed by atoms with E-state index in [2.05, 4.69) is 10.9 Å². The third-order valence-corrected chi connectivity index (χ3v) is 3.88. The van der Waals surface area contributed by atoms with Gasteiger partial charge in [-0.1, -0.05) is 18.2 Å². The van der Waals surface area contributed by atoms with E-state index in [1.807, 2.05) is 0 Å². The Morgan fingerprint density at radius 2 is 1.72 bits per heavy atom. The largest absolute Gasteiger partial charge is 0.449 e. The van der Waals surface area contributed by atoms with E-state index in [4.69, 9.17) is 4.74 Å². The lowest BCUT2D eigenvalue weighted by molar-refractivity contribution is -0.384. The van der Waals surface area contributed by atoms with E-state index >= 15 is 0 Å². The molecule has 10 nitrogen and oxygen atoms in total. The van der Waals surface area contributed by atoms with Crippen molar-refractivity contribution >= 4 is 29.2 Å². The minimum Gasteiger partial charge on any atom is -0.449 e. The second kappa shape index (κ2) is 9.31. The number of non-ortho nitro benzene ring substituents is 1. The molecule has 1 atom stereocenters. The van der Waals surface area contributed by atoms with Crippen molar-refractivity contribution in [2.45, 2.75) is 13.0 Å². The number of carbonyl (C=O) groups is 3. The average molecular weight is 400 g/mol. The fourth-order valence-corrected chi connectivity index (χ4v) is 2.35. The number of ether oxygens (including phenoxy) is 1. The van der Waals surface area contributed by atoms with Crippen LogP contribution in [0.25, 0.3) is 0 Å². The van der Waals surface area contributed by atoms with Gasteiger partial charge in [-0.15, -0.1) is 0 Å². The van der Waals surface area contributed by atoms with Crippen LogP contribution in [0.5, 0.6) is 0 Å². The van der Waals surface area contributed by atoms with Gasteiger partial charge >= 0.3 is 5.97 Å². The standard InChI is InChI=1S/C19H20N4O6/c1-12(17(24)20-21-18(25)13-7-5-4-6-8-13)29-19(26)15-11-14(23(27)28)9-10-16(15)22(2)3/h4-12H,1-3H3,(H,20,24)(H,21,25)/t12-/m1/s1. The zero-order valence-electron chi connectivity index (χ0n) is 16.0. The Bertz CT molecular complexity index is 930. The summed E-state index contributed by atoms with van der Waals surface area (Å²) in [6, 6.07) is 12.0. The van der Waals surface area contributed by atoms with E-state index in [0.29, 0.717) is 11.3 Å². The summed E-state index contributed by atoms with van der Waals surface area (Å²) in [6.07, 6.45) is -1.26. The molecule has 0 aliphatic heterocycles. The number of amides is 2. The molecule has 2 N–H and O–H groups in total. The van der Waals surface area contributed by atoms with Crippen molar-refractivity contribution in [2.24, 2.45) is 0 Å². The number of hydrogen-bond donors (Lipinski definition) is 2. The molecule has 0 bridgehead atoms. The van der Waals surface area contributed by atoms with Gasteiger partial charge in [0.2, 0.25) is 0 Å². The van der Waals surface area contributed by atoms with Crippen LogP contribution in [0.2, 0.25) is 0 Å². The van der Waals surface area contributed by atoms with Crippen LogP contribution in [0, 0.1) is 10.1 Å². The second-order valence-corrected chi connectivity index (χ2v) is 6.21. The first-order chi connectivity index (χ1) is 13.7. The molecular weight excluding hydrogens is 380 g/mol. The van der Waals surface area contributed by atoms with Gasteiger partial charge in [-0.25, -0.2) is 4.79 Å². The number of anilines is 1. The third-order valence-electron chi connectivity index (χ3n) is 3.88. The molecule has 0 radical (unpaired) electrons. The van der Waals surface area contributed by atoms with E-state index in [1.54, 1.807) is 49.3 Å². The molecule has 0 spiro atoms. The lowest BCUT2D eigenvalue weighted by atomic mass is 10.1. The summed E-state index contributed by atoms with van der Waals surface area (Å²) >= 11 is 0. The first-order valence-corrected chi connectivity index (χ1v) is 8.52. The zero-order chi connectivity index (χ0) is 21.6. The van der Waals surface area contributed by atoms with Crippen LogP contribution in [0.4, 0.5) is 11.4 Å². The smallest absolute Gasteiger partial charge is 0.341 e. The molecule has 0 saturated heterocycles. The van der Waals surface area contributed by atoms with E-state index in [-0.39, 0.29) is 11.3 Å². The van der Waals surface area contributed by atoms with Gasteiger partial charge in [0.15, 0.2) is 6.10 Å². The number of nitro groups is 1. The molecule has 0 fully saturated rings. The second-order valence-electron chi connectivity index (χ2n) is 6.21. The van der Waals surface area contributed by atoms with E-state index in [1.165, 1.54) is 19.1 Å². The normalized spacial score (nSPS) is 11.1.